The van der Waals surface area contributed by atoms with Crippen LogP contribution in [0, 0.1) is 11.6 Å². The minimum atomic E-state index is -0.630. The largest absolute Gasteiger partial charge is 0.392 e. The normalized spacial score (nSPS) is 11.0. The predicted octanol–water partition coefficient (Wildman–Crippen LogP) is 4.34. The van der Waals surface area contributed by atoms with Gasteiger partial charge in [0, 0.05) is 17.7 Å². The monoisotopic (exact) mass is 339 g/mol. The van der Waals surface area contributed by atoms with Gasteiger partial charge < -0.3 is 10.4 Å². The molecule has 3 aromatic carbocycles. The number of aliphatic hydroxyl groups is 1. The van der Waals surface area contributed by atoms with Crippen molar-refractivity contribution in [1.29, 1.82) is 0 Å². The first-order chi connectivity index (χ1) is 12.2. The van der Waals surface area contributed by atoms with Crippen molar-refractivity contribution in [3.05, 3.63) is 107 Å². The van der Waals surface area contributed by atoms with Crippen molar-refractivity contribution in [3.63, 3.8) is 0 Å². The number of benzene rings is 3. The van der Waals surface area contributed by atoms with Crippen molar-refractivity contribution in [1.82, 2.24) is 5.32 Å². The molecule has 0 aromatic heterocycles. The smallest absolute Gasteiger partial charge is 0.128 e. The van der Waals surface area contributed by atoms with Gasteiger partial charge in [0.2, 0.25) is 0 Å². The highest BCUT2D eigenvalue weighted by molar-refractivity contribution is 5.34. The SMILES string of the molecule is OCc1ccccc1CNC(c1ccccc1F)c1ccccc1F. The number of rotatable bonds is 6. The summed E-state index contributed by atoms with van der Waals surface area (Å²) in [4.78, 5) is 0. The molecule has 0 fully saturated rings. The zero-order chi connectivity index (χ0) is 17.6. The van der Waals surface area contributed by atoms with Gasteiger partial charge in [-0.3, -0.25) is 0 Å². The van der Waals surface area contributed by atoms with Crippen molar-refractivity contribution in [2.24, 2.45) is 0 Å². The summed E-state index contributed by atoms with van der Waals surface area (Å²) in [7, 11) is 0. The molecule has 0 heterocycles. The molecule has 0 aliphatic rings. The maximum Gasteiger partial charge on any atom is 0.128 e. The summed E-state index contributed by atoms with van der Waals surface area (Å²) in [5, 5.41) is 12.7. The summed E-state index contributed by atoms with van der Waals surface area (Å²) >= 11 is 0. The molecule has 3 rings (SSSR count). The Labute approximate surface area is 145 Å². The van der Waals surface area contributed by atoms with E-state index in [4.69, 9.17) is 0 Å². The Kier molecular flexibility index (Phi) is 5.53. The average Bonchev–Trinajstić information content (AvgIpc) is 2.65. The number of hydrogen-bond acceptors (Lipinski definition) is 2. The van der Waals surface area contributed by atoms with Crippen LogP contribution >= 0.6 is 0 Å². The van der Waals surface area contributed by atoms with Crippen LogP contribution in [0.25, 0.3) is 0 Å². The molecule has 25 heavy (non-hydrogen) atoms. The summed E-state index contributed by atoms with van der Waals surface area (Å²) in [5.74, 6) is -0.780. The molecule has 0 unspecified atom stereocenters. The van der Waals surface area contributed by atoms with Gasteiger partial charge in [-0.05, 0) is 23.3 Å². The van der Waals surface area contributed by atoms with Gasteiger partial charge in [0.05, 0.1) is 12.6 Å². The van der Waals surface area contributed by atoms with E-state index in [1.807, 2.05) is 24.3 Å². The van der Waals surface area contributed by atoms with E-state index in [1.54, 1.807) is 36.4 Å². The molecule has 0 bridgehead atoms. The van der Waals surface area contributed by atoms with E-state index < -0.39 is 17.7 Å². The Morgan fingerprint density at radius 1 is 0.720 bits per heavy atom. The van der Waals surface area contributed by atoms with Crippen LogP contribution in [0.1, 0.15) is 28.3 Å². The van der Waals surface area contributed by atoms with Crippen LogP contribution in [0.15, 0.2) is 72.8 Å². The highest BCUT2D eigenvalue weighted by Crippen LogP contribution is 2.27. The van der Waals surface area contributed by atoms with E-state index in [1.165, 1.54) is 12.1 Å². The predicted molar refractivity (Wildman–Crippen MR) is 93.8 cm³/mol. The van der Waals surface area contributed by atoms with Crippen LogP contribution in [-0.2, 0) is 13.2 Å². The number of aliphatic hydroxyl groups excluding tert-OH is 1. The summed E-state index contributed by atoms with van der Waals surface area (Å²) in [5.41, 5.74) is 2.45. The molecule has 128 valence electrons. The van der Waals surface area contributed by atoms with Crippen molar-refractivity contribution >= 4 is 0 Å². The first kappa shape index (κ1) is 17.3. The number of hydrogen-bond donors (Lipinski definition) is 2. The summed E-state index contributed by atoms with van der Waals surface area (Å²) in [6, 6.07) is 19.5. The van der Waals surface area contributed by atoms with Crippen molar-refractivity contribution in [2.45, 2.75) is 19.2 Å². The average molecular weight is 339 g/mol. The molecule has 0 spiro atoms. The van der Waals surface area contributed by atoms with Crippen LogP contribution in [0.5, 0.6) is 0 Å². The highest BCUT2D eigenvalue weighted by Gasteiger charge is 2.20. The standard InChI is InChI=1S/C21H19F2NO/c22-19-11-5-3-9-17(19)21(18-10-4-6-12-20(18)23)24-13-15-7-1-2-8-16(15)14-25/h1-12,21,24-25H,13-14H2. The van der Waals surface area contributed by atoms with Gasteiger partial charge in [-0.2, -0.15) is 0 Å². The zero-order valence-corrected chi connectivity index (χ0v) is 13.6. The van der Waals surface area contributed by atoms with E-state index in [9.17, 15) is 13.9 Å². The zero-order valence-electron chi connectivity index (χ0n) is 13.6. The van der Waals surface area contributed by atoms with Crippen LogP contribution in [0.3, 0.4) is 0 Å². The molecule has 0 saturated carbocycles. The molecule has 3 aromatic rings. The third kappa shape index (κ3) is 3.92. The van der Waals surface area contributed by atoms with E-state index in [0.717, 1.165) is 11.1 Å². The third-order valence-corrected chi connectivity index (χ3v) is 4.22. The molecule has 0 amide bonds. The molecular formula is C21H19F2NO. The Hall–Kier alpha value is -2.56. The molecular weight excluding hydrogens is 320 g/mol. The lowest BCUT2D eigenvalue weighted by Crippen LogP contribution is -2.24. The first-order valence-electron chi connectivity index (χ1n) is 8.10. The van der Waals surface area contributed by atoms with E-state index in [-0.39, 0.29) is 6.61 Å². The lowest BCUT2D eigenvalue weighted by molar-refractivity contribution is 0.280. The first-order valence-corrected chi connectivity index (χ1v) is 8.10. The lowest BCUT2D eigenvalue weighted by atomic mass is 9.97. The fraction of sp³-hybridized carbons (Fsp3) is 0.143. The number of nitrogens with one attached hydrogen (secondary N) is 1. The van der Waals surface area contributed by atoms with Gasteiger partial charge in [0.15, 0.2) is 0 Å². The minimum Gasteiger partial charge on any atom is -0.392 e. The molecule has 0 aliphatic carbocycles. The third-order valence-electron chi connectivity index (χ3n) is 4.22. The topological polar surface area (TPSA) is 32.3 Å². The van der Waals surface area contributed by atoms with E-state index >= 15 is 0 Å². The van der Waals surface area contributed by atoms with Crippen molar-refractivity contribution in [3.8, 4) is 0 Å². The quantitative estimate of drug-likeness (QED) is 0.700. The van der Waals surface area contributed by atoms with Crippen LogP contribution < -0.4 is 5.32 Å². The highest BCUT2D eigenvalue weighted by atomic mass is 19.1. The fourth-order valence-electron chi connectivity index (χ4n) is 2.90. The van der Waals surface area contributed by atoms with E-state index in [2.05, 4.69) is 5.32 Å². The molecule has 0 radical (unpaired) electrons. The maximum atomic E-state index is 14.3. The lowest BCUT2D eigenvalue weighted by Gasteiger charge is -2.21. The molecule has 0 atom stereocenters. The molecule has 0 aliphatic heterocycles. The minimum absolute atomic E-state index is 0.0814. The van der Waals surface area contributed by atoms with Gasteiger partial charge >= 0.3 is 0 Å². The van der Waals surface area contributed by atoms with Gasteiger partial charge in [-0.25, -0.2) is 8.78 Å². The van der Waals surface area contributed by atoms with Gasteiger partial charge in [-0.15, -0.1) is 0 Å². The van der Waals surface area contributed by atoms with Gasteiger partial charge in [0.1, 0.15) is 11.6 Å². The second kappa shape index (κ2) is 8.01. The number of halogens is 2. The molecule has 4 heteroatoms. The Morgan fingerprint density at radius 2 is 1.20 bits per heavy atom. The van der Waals surface area contributed by atoms with Crippen LogP contribution in [0.4, 0.5) is 8.78 Å². The molecule has 0 saturated heterocycles. The van der Waals surface area contributed by atoms with Crippen molar-refractivity contribution in [2.75, 3.05) is 0 Å². The Bertz CT molecular complexity index is 805. The molecule has 2 nitrogen and oxygen atoms in total. The van der Waals surface area contributed by atoms with Crippen LogP contribution in [0.2, 0.25) is 0 Å². The summed E-state index contributed by atoms with van der Waals surface area (Å²) in [6.45, 7) is 0.298. The summed E-state index contributed by atoms with van der Waals surface area (Å²) in [6.07, 6.45) is 0. The van der Waals surface area contributed by atoms with Crippen molar-refractivity contribution < 1.29 is 13.9 Å². The van der Waals surface area contributed by atoms with Gasteiger partial charge in [-0.1, -0.05) is 60.7 Å². The Balaban J connectivity index is 1.95. The Morgan fingerprint density at radius 3 is 1.72 bits per heavy atom. The van der Waals surface area contributed by atoms with Gasteiger partial charge in [0.25, 0.3) is 0 Å². The van der Waals surface area contributed by atoms with Crippen LogP contribution in [-0.4, -0.2) is 5.11 Å². The second-order valence-electron chi connectivity index (χ2n) is 5.78. The molecule has 2 N–H and O–H groups in total. The maximum absolute atomic E-state index is 14.3. The second-order valence-corrected chi connectivity index (χ2v) is 5.78. The summed E-state index contributed by atoms with van der Waals surface area (Å²) < 4.78 is 28.7. The fourth-order valence-corrected chi connectivity index (χ4v) is 2.90. The van der Waals surface area contributed by atoms with E-state index in [0.29, 0.717) is 17.7 Å².